The highest BCUT2D eigenvalue weighted by Crippen LogP contribution is 2.14. The van der Waals surface area contributed by atoms with E-state index in [1.165, 1.54) is 10.4 Å². The molecule has 0 spiro atoms. The van der Waals surface area contributed by atoms with Gasteiger partial charge < -0.3 is 5.32 Å². The Bertz CT molecular complexity index is 418. The lowest BCUT2D eigenvalue weighted by atomic mass is 10.3. The van der Waals surface area contributed by atoms with E-state index in [9.17, 15) is 8.42 Å². The van der Waals surface area contributed by atoms with E-state index in [-0.39, 0.29) is 18.2 Å². The molecule has 7 heteroatoms. The maximum absolute atomic E-state index is 11.1. The van der Waals surface area contributed by atoms with Gasteiger partial charge in [-0.15, -0.1) is 23.7 Å². The van der Waals surface area contributed by atoms with Gasteiger partial charge in [-0.25, -0.2) is 13.1 Å². The first-order valence-electron chi connectivity index (χ1n) is 5.26. The van der Waals surface area contributed by atoms with Crippen molar-refractivity contribution in [3.63, 3.8) is 0 Å². The highest BCUT2D eigenvalue weighted by molar-refractivity contribution is 7.89. The third kappa shape index (κ3) is 6.38. The van der Waals surface area contributed by atoms with Gasteiger partial charge in [0, 0.05) is 24.5 Å². The van der Waals surface area contributed by atoms with E-state index in [0.29, 0.717) is 13.1 Å². The van der Waals surface area contributed by atoms with Gasteiger partial charge in [-0.3, -0.25) is 0 Å². The fourth-order valence-electron chi connectivity index (χ4n) is 1.18. The largest absolute Gasteiger partial charge is 0.311 e. The van der Waals surface area contributed by atoms with Crippen molar-refractivity contribution in [1.82, 2.24) is 10.0 Å². The number of sulfonamides is 1. The second-order valence-corrected chi connectivity index (χ2v) is 6.60. The van der Waals surface area contributed by atoms with Crippen molar-refractivity contribution in [2.75, 3.05) is 18.8 Å². The van der Waals surface area contributed by atoms with Crippen LogP contribution in [0.4, 0.5) is 0 Å². The van der Waals surface area contributed by atoms with Crippen LogP contribution in [0.25, 0.3) is 0 Å². The Morgan fingerprint density at radius 3 is 2.59 bits per heavy atom. The van der Waals surface area contributed by atoms with E-state index in [1.54, 1.807) is 18.3 Å². The second-order valence-electron chi connectivity index (χ2n) is 3.50. The first-order chi connectivity index (χ1) is 7.55. The second kappa shape index (κ2) is 8.05. The number of rotatable bonds is 7. The van der Waals surface area contributed by atoms with Crippen LogP contribution in [0.5, 0.6) is 0 Å². The molecule has 4 nitrogen and oxygen atoms in total. The van der Waals surface area contributed by atoms with Crippen molar-refractivity contribution >= 4 is 33.8 Å². The molecular weight excluding hydrogens is 280 g/mol. The summed E-state index contributed by atoms with van der Waals surface area (Å²) in [6.07, 6.45) is 0. The Morgan fingerprint density at radius 1 is 1.35 bits per heavy atom. The van der Waals surface area contributed by atoms with E-state index < -0.39 is 10.0 Å². The van der Waals surface area contributed by atoms with Gasteiger partial charge in [-0.1, -0.05) is 0 Å². The van der Waals surface area contributed by atoms with Gasteiger partial charge in [-0.2, -0.15) is 0 Å². The summed E-state index contributed by atoms with van der Waals surface area (Å²) in [6, 6.07) is 2.08. The molecule has 1 aromatic rings. The molecule has 0 saturated carbocycles. The van der Waals surface area contributed by atoms with Crippen LogP contribution < -0.4 is 10.0 Å². The summed E-state index contributed by atoms with van der Waals surface area (Å²) in [6.45, 7) is 5.60. The highest BCUT2D eigenvalue weighted by atomic mass is 35.5. The molecule has 1 aromatic heterocycles. The molecule has 0 aliphatic heterocycles. The zero-order valence-corrected chi connectivity index (χ0v) is 12.5. The number of halogens is 1. The van der Waals surface area contributed by atoms with Crippen LogP contribution in [0.3, 0.4) is 0 Å². The molecule has 0 amide bonds. The van der Waals surface area contributed by atoms with Crippen LogP contribution in [0, 0.1) is 6.92 Å². The van der Waals surface area contributed by atoms with E-state index in [2.05, 4.69) is 28.4 Å². The quantitative estimate of drug-likeness (QED) is 0.750. The molecule has 0 radical (unpaired) electrons. The number of hydrogen-bond acceptors (Lipinski definition) is 4. The SMILES string of the molecule is CCS(=O)(=O)NCCNCc1sccc1C.Cl. The molecule has 0 saturated heterocycles. The van der Waals surface area contributed by atoms with Crippen LogP contribution in [0.15, 0.2) is 11.4 Å². The maximum Gasteiger partial charge on any atom is 0.211 e. The number of hydrogen-bond donors (Lipinski definition) is 2. The topological polar surface area (TPSA) is 58.2 Å². The highest BCUT2D eigenvalue weighted by Gasteiger charge is 2.04. The number of thiophene rings is 1. The van der Waals surface area contributed by atoms with E-state index in [1.807, 2.05) is 0 Å². The summed E-state index contributed by atoms with van der Waals surface area (Å²) in [5, 5.41) is 5.27. The predicted octanol–water partition coefficient (Wildman–Crippen LogP) is 1.51. The van der Waals surface area contributed by atoms with Crippen molar-refractivity contribution in [2.24, 2.45) is 0 Å². The van der Waals surface area contributed by atoms with Gasteiger partial charge in [0.2, 0.25) is 10.0 Å². The lowest BCUT2D eigenvalue weighted by Crippen LogP contribution is -2.32. The third-order valence-corrected chi connectivity index (χ3v) is 4.68. The van der Waals surface area contributed by atoms with Gasteiger partial charge in [0.25, 0.3) is 0 Å². The maximum atomic E-state index is 11.1. The summed E-state index contributed by atoms with van der Waals surface area (Å²) < 4.78 is 24.7. The molecule has 1 heterocycles. The van der Waals surface area contributed by atoms with Crippen molar-refractivity contribution in [3.8, 4) is 0 Å². The van der Waals surface area contributed by atoms with Crippen LogP contribution in [0.1, 0.15) is 17.4 Å². The van der Waals surface area contributed by atoms with Crippen molar-refractivity contribution < 1.29 is 8.42 Å². The van der Waals surface area contributed by atoms with Crippen LogP contribution in [-0.2, 0) is 16.6 Å². The molecule has 0 aromatic carbocycles. The smallest absolute Gasteiger partial charge is 0.211 e. The number of nitrogens with one attached hydrogen (secondary N) is 2. The van der Waals surface area contributed by atoms with E-state index >= 15 is 0 Å². The monoisotopic (exact) mass is 298 g/mol. The fourth-order valence-corrected chi connectivity index (χ4v) is 2.68. The molecule has 0 aliphatic rings. The molecule has 17 heavy (non-hydrogen) atoms. The number of aryl methyl sites for hydroxylation is 1. The van der Waals surface area contributed by atoms with Gasteiger partial charge >= 0.3 is 0 Å². The van der Waals surface area contributed by atoms with Crippen LogP contribution in [0.2, 0.25) is 0 Å². The minimum Gasteiger partial charge on any atom is -0.311 e. The summed E-state index contributed by atoms with van der Waals surface area (Å²) in [4.78, 5) is 1.30. The minimum atomic E-state index is -3.05. The summed E-state index contributed by atoms with van der Waals surface area (Å²) in [5.74, 6) is 0.136. The average Bonchev–Trinajstić information content (AvgIpc) is 2.64. The Labute approximate surface area is 113 Å². The van der Waals surface area contributed by atoms with Gasteiger partial charge in [0.1, 0.15) is 0 Å². The molecular formula is C10H19ClN2O2S2. The zero-order chi connectivity index (χ0) is 12.0. The predicted molar refractivity (Wildman–Crippen MR) is 75.5 cm³/mol. The van der Waals surface area contributed by atoms with Gasteiger partial charge in [0.05, 0.1) is 5.75 Å². The molecule has 0 unspecified atom stereocenters. The lowest BCUT2D eigenvalue weighted by Gasteiger charge is -2.05. The standard InChI is InChI=1S/C10H18N2O2S2.ClH/c1-3-16(13,14)12-6-5-11-8-10-9(2)4-7-15-10;/h4,7,11-12H,3,5-6,8H2,1-2H3;1H. The molecule has 100 valence electrons. The zero-order valence-electron chi connectivity index (χ0n) is 10.0. The summed E-state index contributed by atoms with van der Waals surface area (Å²) in [5.41, 5.74) is 1.28. The molecule has 0 fully saturated rings. The first-order valence-corrected chi connectivity index (χ1v) is 7.79. The Balaban J connectivity index is 0.00000256. The third-order valence-electron chi connectivity index (χ3n) is 2.26. The Kier molecular flexibility index (Phi) is 7.98. The lowest BCUT2D eigenvalue weighted by molar-refractivity contribution is 0.577. The molecule has 1 rings (SSSR count). The molecule has 2 N–H and O–H groups in total. The van der Waals surface area contributed by atoms with Crippen molar-refractivity contribution in [1.29, 1.82) is 0 Å². The fraction of sp³-hybridized carbons (Fsp3) is 0.600. The molecule has 0 atom stereocenters. The van der Waals surface area contributed by atoms with Crippen LogP contribution in [-0.4, -0.2) is 27.3 Å². The summed E-state index contributed by atoms with van der Waals surface area (Å²) in [7, 11) is -3.05. The normalized spacial score (nSPS) is 11.2. The summed E-state index contributed by atoms with van der Waals surface area (Å²) >= 11 is 1.72. The first kappa shape index (κ1) is 16.9. The van der Waals surface area contributed by atoms with Crippen LogP contribution >= 0.6 is 23.7 Å². The average molecular weight is 299 g/mol. The molecule has 0 aliphatic carbocycles. The van der Waals surface area contributed by atoms with E-state index in [4.69, 9.17) is 0 Å². The molecule has 0 bridgehead atoms. The Morgan fingerprint density at radius 2 is 2.06 bits per heavy atom. The van der Waals surface area contributed by atoms with Crippen molar-refractivity contribution in [3.05, 3.63) is 21.9 Å². The van der Waals surface area contributed by atoms with E-state index in [0.717, 1.165) is 6.54 Å². The Hall–Kier alpha value is -0.140. The van der Waals surface area contributed by atoms with Gasteiger partial charge in [0.15, 0.2) is 0 Å². The van der Waals surface area contributed by atoms with Crippen molar-refractivity contribution in [2.45, 2.75) is 20.4 Å². The minimum absolute atomic E-state index is 0. The van der Waals surface area contributed by atoms with Gasteiger partial charge in [-0.05, 0) is 30.9 Å².